The molecular weight excluding hydrogens is 348 g/mol. The summed E-state index contributed by atoms with van der Waals surface area (Å²) in [5.74, 6) is 0.712. The maximum absolute atomic E-state index is 12.5. The first-order valence-electron chi connectivity index (χ1n) is 7.93. The van der Waals surface area contributed by atoms with Gasteiger partial charge in [-0.05, 0) is 26.8 Å². The Morgan fingerprint density at radius 1 is 1.33 bits per heavy atom. The third-order valence-corrected chi connectivity index (χ3v) is 6.65. The normalized spacial score (nSPS) is 22.8. The molecule has 0 aliphatic carbocycles. The molecule has 3 rings (SSSR count). The lowest BCUT2D eigenvalue weighted by Crippen LogP contribution is -2.49. The first-order valence-corrected chi connectivity index (χ1v) is 10.4. The van der Waals surface area contributed by atoms with Crippen LogP contribution in [0.1, 0.15) is 18.7 Å². The molecule has 24 heavy (non-hydrogen) atoms. The second-order valence-electron chi connectivity index (χ2n) is 6.12. The third kappa shape index (κ3) is 3.85. The van der Waals surface area contributed by atoms with Crippen LogP contribution in [0.15, 0.2) is 12.4 Å². The highest BCUT2D eigenvalue weighted by molar-refractivity contribution is 7.89. The van der Waals surface area contributed by atoms with Gasteiger partial charge in [-0.3, -0.25) is 0 Å². The Bertz CT molecular complexity index is 811. The number of fused-ring (bicyclic) bond motifs is 1. The minimum absolute atomic E-state index is 0.0288. The van der Waals surface area contributed by atoms with Crippen molar-refractivity contribution in [1.29, 1.82) is 0 Å². The maximum atomic E-state index is 12.5. The molecule has 0 amide bonds. The second kappa shape index (κ2) is 6.91. The Kier molecular flexibility index (Phi) is 5.05. The molecule has 2 aromatic rings. The van der Waals surface area contributed by atoms with Crippen LogP contribution in [0.2, 0.25) is 0 Å². The van der Waals surface area contributed by atoms with Crippen LogP contribution in [0.4, 0.5) is 5.82 Å². The SMILES string of the molecule is Cc1cc2c(NCCS(=O)(=O)N3CC(C)OC(C)C3)ncnc2s1. The van der Waals surface area contributed by atoms with Crippen LogP contribution < -0.4 is 5.32 Å². The number of rotatable bonds is 5. The van der Waals surface area contributed by atoms with Gasteiger partial charge >= 0.3 is 0 Å². The van der Waals surface area contributed by atoms with Crippen molar-refractivity contribution < 1.29 is 13.2 Å². The molecule has 0 bridgehead atoms. The minimum Gasteiger partial charge on any atom is -0.373 e. The first-order chi connectivity index (χ1) is 11.3. The smallest absolute Gasteiger partial charge is 0.216 e. The molecule has 132 valence electrons. The van der Waals surface area contributed by atoms with E-state index < -0.39 is 10.0 Å². The van der Waals surface area contributed by atoms with Gasteiger partial charge in [-0.2, -0.15) is 4.31 Å². The minimum atomic E-state index is -3.32. The van der Waals surface area contributed by atoms with Gasteiger partial charge in [0, 0.05) is 24.5 Å². The number of aryl methyl sites for hydroxylation is 1. The first kappa shape index (κ1) is 17.5. The molecule has 0 spiro atoms. The highest BCUT2D eigenvalue weighted by Gasteiger charge is 2.30. The van der Waals surface area contributed by atoms with E-state index in [1.807, 2.05) is 26.8 Å². The molecule has 1 aliphatic heterocycles. The number of nitrogens with zero attached hydrogens (tertiary/aromatic N) is 3. The van der Waals surface area contributed by atoms with Crippen molar-refractivity contribution in [3.8, 4) is 0 Å². The van der Waals surface area contributed by atoms with E-state index in [2.05, 4.69) is 15.3 Å². The van der Waals surface area contributed by atoms with Crippen LogP contribution in [0.3, 0.4) is 0 Å². The summed E-state index contributed by atoms with van der Waals surface area (Å²) in [4.78, 5) is 10.5. The molecule has 2 atom stereocenters. The van der Waals surface area contributed by atoms with Crippen molar-refractivity contribution in [2.24, 2.45) is 0 Å². The van der Waals surface area contributed by atoms with Crippen molar-refractivity contribution in [1.82, 2.24) is 14.3 Å². The zero-order valence-electron chi connectivity index (χ0n) is 14.0. The zero-order chi connectivity index (χ0) is 17.3. The second-order valence-corrected chi connectivity index (χ2v) is 9.44. The lowest BCUT2D eigenvalue weighted by molar-refractivity contribution is -0.0440. The Morgan fingerprint density at radius 2 is 2.04 bits per heavy atom. The van der Waals surface area contributed by atoms with Crippen molar-refractivity contribution in [3.63, 3.8) is 0 Å². The van der Waals surface area contributed by atoms with Gasteiger partial charge in [0.15, 0.2) is 0 Å². The molecule has 3 heterocycles. The molecule has 2 aromatic heterocycles. The summed E-state index contributed by atoms with van der Waals surface area (Å²) in [6.07, 6.45) is 1.35. The van der Waals surface area contributed by atoms with Gasteiger partial charge < -0.3 is 10.1 Å². The van der Waals surface area contributed by atoms with Crippen molar-refractivity contribution in [3.05, 3.63) is 17.3 Å². The summed E-state index contributed by atoms with van der Waals surface area (Å²) in [7, 11) is -3.32. The molecular formula is C15H22N4O3S2. The number of nitrogens with one attached hydrogen (secondary N) is 1. The van der Waals surface area contributed by atoms with Gasteiger partial charge in [-0.25, -0.2) is 18.4 Å². The topological polar surface area (TPSA) is 84.4 Å². The quantitative estimate of drug-likeness (QED) is 0.865. The van der Waals surface area contributed by atoms with Crippen LogP contribution >= 0.6 is 11.3 Å². The average Bonchev–Trinajstić information content (AvgIpc) is 2.87. The molecule has 9 heteroatoms. The summed E-state index contributed by atoms with van der Waals surface area (Å²) in [6, 6.07) is 2.02. The molecule has 1 saturated heterocycles. The highest BCUT2D eigenvalue weighted by Crippen LogP contribution is 2.27. The summed E-state index contributed by atoms with van der Waals surface area (Å²) in [5, 5.41) is 4.07. The fourth-order valence-electron chi connectivity index (χ4n) is 2.90. The van der Waals surface area contributed by atoms with E-state index in [0.29, 0.717) is 25.5 Å². The van der Waals surface area contributed by atoms with Crippen LogP contribution in [0, 0.1) is 6.92 Å². The Hall–Kier alpha value is -1.29. The van der Waals surface area contributed by atoms with Crippen molar-refractivity contribution in [2.45, 2.75) is 33.0 Å². The summed E-state index contributed by atoms with van der Waals surface area (Å²) in [6.45, 7) is 6.94. The lowest BCUT2D eigenvalue weighted by Gasteiger charge is -2.34. The summed E-state index contributed by atoms with van der Waals surface area (Å²) in [5.41, 5.74) is 0. The summed E-state index contributed by atoms with van der Waals surface area (Å²) < 4.78 is 32.2. The molecule has 1 N–H and O–H groups in total. The van der Waals surface area contributed by atoms with E-state index in [-0.39, 0.29) is 18.0 Å². The lowest BCUT2D eigenvalue weighted by atomic mass is 10.3. The highest BCUT2D eigenvalue weighted by atomic mass is 32.2. The van der Waals surface area contributed by atoms with Crippen LogP contribution in [-0.2, 0) is 14.8 Å². The van der Waals surface area contributed by atoms with Gasteiger partial charge in [-0.1, -0.05) is 0 Å². The summed E-state index contributed by atoms with van der Waals surface area (Å²) >= 11 is 1.60. The van der Waals surface area contributed by atoms with Gasteiger partial charge in [0.2, 0.25) is 10.0 Å². The maximum Gasteiger partial charge on any atom is 0.216 e. The number of sulfonamides is 1. The molecule has 1 fully saturated rings. The van der Waals surface area contributed by atoms with E-state index >= 15 is 0 Å². The van der Waals surface area contributed by atoms with Crippen LogP contribution in [0.25, 0.3) is 10.2 Å². The zero-order valence-corrected chi connectivity index (χ0v) is 15.7. The van der Waals surface area contributed by atoms with E-state index in [0.717, 1.165) is 15.1 Å². The number of aromatic nitrogens is 2. The van der Waals surface area contributed by atoms with Gasteiger partial charge in [0.25, 0.3) is 0 Å². The molecule has 0 radical (unpaired) electrons. The van der Waals surface area contributed by atoms with Crippen LogP contribution in [-0.4, -0.2) is 60.3 Å². The van der Waals surface area contributed by atoms with E-state index in [4.69, 9.17) is 4.74 Å². The number of hydrogen-bond donors (Lipinski definition) is 1. The van der Waals surface area contributed by atoms with Gasteiger partial charge in [-0.15, -0.1) is 11.3 Å². The Balaban J connectivity index is 1.64. The van der Waals surface area contributed by atoms with E-state index in [1.165, 1.54) is 10.6 Å². The van der Waals surface area contributed by atoms with Gasteiger partial charge in [0.05, 0.1) is 23.3 Å². The molecule has 0 saturated carbocycles. The number of thiophene rings is 1. The van der Waals surface area contributed by atoms with E-state index in [9.17, 15) is 8.42 Å². The number of hydrogen-bond acceptors (Lipinski definition) is 7. The van der Waals surface area contributed by atoms with Crippen molar-refractivity contribution in [2.75, 3.05) is 30.7 Å². The fourth-order valence-corrected chi connectivity index (χ4v) is 5.24. The predicted octanol–water partition coefficient (Wildman–Crippen LogP) is 1.85. The van der Waals surface area contributed by atoms with Crippen molar-refractivity contribution >= 4 is 37.4 Å². The average molecular weight is 371 g/mol. The van der Waals surface area contributed by atoms with Crippen LogP contribution in [0.5, 0.6) is 0 Å². The predicted molar refractivity (Wildman–Crippen MR) is 96.0 cm³/mol. The monoisotopic (exact) mass is 370 g/mol. The van der Waals surface area contributed by atoms with E-state index in [1.54, 1.807) is 11.3 Å². The largest absolute Gasteiger partial charge is 0.373 e. The number of morpholine rings is 1. The van der Waals surface area contributed by atoms with Gasteiger partial charge in [0.1, 0.15) is 17.0 Å². The Labute approximate surface area is 146 Å². The molecule has 7 nitrogen and oxygen atoms in total. The molecule has 0 aromatic carbocycles. The molecule has 1 aliphatic rings. The standard InChI is InChI=1S/C15H22N4O3S2/c1-10-7-19(8-11(2)22-10)24(20,21)5-4-16-14-13-6-12(3)23-15(13)18-9-17-14/h6,9-11H,4-5,7-8H2,1-3H3,(H,16,17,18). The number of anilines is 1. The molecule has 2 unspecified atom stereocenters. The third-order valence-electron chi connectivity index (χ3n) is 3.88. The Morgan fingerprint density at radius 3 is 2.75 bits per heavy atom. The fraction of sp³-hybridized carbons (Fsp3) is 0.600. The number of ether oxygens (including phenoxy) is 1.